The van der Waals surface area contributed by atoms with Crippen molar-refractivity contribution in [2.75, 3.05) is 38.2 Å². The number of amides is 1. The Morgan fingerprint density at radius 1 is 1.14 bits per heavy atom. The predicted octanol–water partition coefficient (Wildman–Crippen LogP) is 4.73. The second-order valence-corrected chi connectivity index (χ2v) is 9.90. The van der Waals surface area contributed by atoms with Gasteiger partial charge >= 0.3 is 0 Å². The number of halogens is 1. The van der Waals surface area contributed by atoms with Crippen molar-refractivity contribution in [1.82, 2.24) is 9.88 Å². The highest BCUT2D eigenvalue weighted by Gasteiger charge is 2.29. The summed E-state index contributed by atoms with van der Waals surface area (Å²) in [6, 6.07) is 6.89. The monoisotopic (exact) mass is 478 g/mol. The Morgan fingerprint density at radius 3 is 2.54 bits per heavy atom. The molecule has 35 heavy (non-hydrogen) atoms. The minimum atomic E-state index is -0.218. The summed E-state index contributed by atoms with van der Waals surface area (Å²) in [4.78, 5) is 26.7. The van der Waals surface area contributed by atoms with Crippen LogP contribution in [0.5, 0.6) is 5.88 Å². The number of pyridine rings is 1. The number of ether oxygens (including phenoxy) is 1. The standard InChI is InChI=1S/C28H35FN4O2/c1-18(2)12-22-14-24(21-6-7-23(29)19(3)13-21)31-25(22)15-28(34)33-10-8-32(9-11-33)26-16-27(35-5)30-17-20(26)4/h6-7,13-14,16-18,25H,8-12,15H2,1-5H3. The maximum Gasteiger partial charge on any atom is 0.225 e. The van der Waals surface area contributed by atoms with E-state index >= 15 is 0 Å². The Morgan fingerprint density at radius 2 is 1.89 bits per heavy atom. The van der Waals surface area contributed by atoms with E-state index in [9.17, 15) is 9.18 Å². The fourth-order valence-corrected chi connectivity index (χ4v) is 4.80. The third-order valence-corrected chi connectivity index (χ3v) is 6.74. The van der Waals surface area contributed by atoms with Gasteiger partial charge in [0.05, 0.1) is 25.3 Å². The van der Waals surface area contributed by atoms with E-state index in [1.165, 1.54) is 11.6 Å². The number of piperazine rings is 1. The molecule has 0 radical (unpaired) electrons. The van der Waals surface area contributed by atoms with E-state index in [2.05, 4.69) is 29.8 Å². The number of benzene rings is 1. The van der Waals surface area contributed by atoms with Crippen LogP contribution in [0.4, 0.5) is 10.1 Å². The lowest BCUT2D eigenvalue weighted by molar-refractivity contribution is -0.131. The van der Waals surface area contributed by atoms with Crippen molar-refractivity contribution in [3.05, 3.63) is 64.6 Å². The number of carbonyl (C=O) groups excluding carboxylic acids is 1. The Labute approximate surface area is 207 Å². The molecule has 0 spiro atoms. The second-order valence-electron chi connectivity index (χ2n) is 9.90. The maximum atomic E-state index is 13.8. The zero-order valence-electron chi connectivity index (χ0n) is 21.3. The van der Waals surface area contributed by atoms with Crippen LogP contribution in [0.3, 0.4) is 0 Å². The third kappa shape index (κ3) is 5.72. The van der Waals surface area contributed by atoms with Gasteiger partial charge in [0.2, 0.25) is 11.8 Å². The molecule has 2 aliphatic rings. The van der Waals surface area contributed by atoms with Crippen molar-refractivity contribution in [1.29, 1.82) is 0 Å². The minimum absolute atomic E-state index is 0.133. The van der Waals surface area contributed by atoms with E-state index in [-0.39, 0.29) is 17.8 Å². The van der Waals surface area contributed by atoms with E-state index < -0.39 is 0 Å². The average molecular weight is 479 g/mol. The molecule has 3 heterocycles. The lowest BCUT2D eigenvalue weighted by Crippen LogP contribution is -2.49. The van der Waals surface area contributed by atoms with Gasteiger partial charge in [-0.3, -0.25) is 9.79 Å². The number of anilines is 1. The first-order valence-electron chi connectivity index (χ1n) is 12.3. The molecule has 2 aliphatic heterocycles. The summed E-state index contributed by atoms with van der Waals surface area (Å²) in [7, 11) is 1.62. The summed E-state index contributed by atoms with van der Waals surface area (Å²) < 4.78 is 19.1. The van der Waals surface area contributed by atoms with Crippen LogP contribution in [0, 0.1) is 25.6 Å². The summed E-state index contributed by atoms with van der Waals surface area (Å²) in [6.07, 6.45) is 5.18. The van der Waals surface area contributed by atoms with Gasteiger partial charge in [0.15, 0.2) is 0 Å². The molecule has 1 saturated heterocycles. The normalized spacial score (nSPS) is 18.1. The Bertz CT molecular complexity index is 1150. The lowest BCUT2D eigenvalue weighted by atomic mass is 9.95. The summed E-state index contributed by atoms with van der Waals surface area (Å²) in [5, 5.41) is 0. The number of aromatic nitrogens is 1. The molecule has 6 nitrogen and oxygen atoms in total. The van der Waals surface area contributed by atoms with Crippen molar-refractivity contribution >= 4 is 17.3 Å². The minimum Gasteiger partial charge on any atom is -0.481 e. The van der Waals surface area contributed by atoms with Crippen molar-refractivity contribution in [3.8, 4) is 5.88 Å². The largest absolute Gasteiger partial charge is 0.481 e. The fourth-order valence-electron chi connectivity index (χ4n) is 4.80. The van der Waals surface area contributed by atoms with E-state index in [1.807, 2.05) is 30.2 Å². The molecule has 7 heteroatoms. The van der Waals surface area contributed by atoms with Gasteiger partial charge in [-0.25, -0.2) is 9.37 Å². The van der Waals surface area contributed by atoms with Gasteiger partial charge in [-0.15, -0.1) is 0 Å². The van der Waals surface area contributed by atoms with E-state index in [4.69, 9.17) is 9.73 Å². The summed E-state index contributed by atoms with van der Waals surface area (Å²) in [6.45, 7) is 11.0. The Kier molecular flexibility index (Phi) is 7.53. The Balaban J connectivity index is 1.43. The number of aliphatic imine (C=N–C) groups is 1. The first kappa shape index (κ1) is 24.9. The molecule has 0 saturated carbocycles. The fraction of sp³-hybridized carbons (Fsp3) is 0.464. The summed E-state index contributed by atoms with van der Waals surface area (Å²) >= 11 is 0. The van der Waals surface area contributed by atoms with E-state index in [1.54, 1.807) is 20.1 Å². The molecule has 0 bridgehead atoms. The van der Waals surface area contributed by atoms with Gasteiger partial charge in [0, 0.05) is 49.7 Å². The molecule has 4 rings (SSSR count). The highest BCUT2D eigenvalue weighted by molar-refractivity contribution is 6.11. The molecule has 186 valence electrons. The molecular weight excluding hydrogens is 443 g/mol. The van der Waals surface area contributed by atoms with Crippen molar-refractivity contribution in [3.63, 3.8) is 0 Å². The molecule has 1 aromatic heterocycles. The van der Waals surface area contributed by atoms with Gasteiger partial charge in [-0.1, -0.05) is 13.8 Å². The maximum absolute atomic E-state index is 13.8. The van der Waals surface area contributed by atoms with Crippen LogP contribution in [0.25, 0.3) is 0 Å². The van der Waals surface area contributed by atoms with Gasteiger partial charge in [0.1, 0.15) is 5.82 Å². The van der Waals surface area contributed by atoms with Crippen molar-refractivity contribution in [2.24, 2.45) is 10.9 Å². The number of rotatable bonds is 7. The molecule has 0 aliphatic carbocycles. The quantitative estimate of drug-likeness (QED) is 0.577. The zero-order valence-corrected chi connectivity index (χ0v) is 21.3. The number of nitrogens with zero attached hydrogens (tertiary/aromatic N) is 4. The number of hydrogen-bond donors (Lipinski definition) is 0. The molecule has 0 N–H and O–H groups in total. The first-order chi connectivity index (χ1) is 16.7. The van der Waals surface area contributed by atoms with Crippen molar-refractivity contribution < 1.29 is 13.9 Å². The van der Waals surface area contributed by atoms with Crippen LogP contribution in [-0.4, -0.2) is 60.8 Å². The first-order valence-corrected chi connectivity index (χ1v) is 12.3. The van der Waals surface area contributed by atoms with Gasteiger partial charge in [-0.05, 0) is 67.2 Å². The van der Waals surface area contributed by atoms with Crippen LogP contribution in [0.15, 0.2) is 47.1 Å². The zero-order chi connectivity index (χ0) is 25.1. The summed E-state index contributed by atoms with van der Waals surface area (Å²) in [5.74, 6) is 0.978. The molecule has 2 aromatic rings. The van der Waals surface area contributed by atoms with Crippen LogP contribution in [-0.2, 0) is 4.79 Å². The number of allylic oxidation sites excluding steroid dienone is 1. The van der Waals surface area contributed by atoms with Crippen LogP contribution in [0.2, 0.25) is 0 Å². The van der Waals surface area contributed by atoms with Gasteiger partial charge in [-0.2, -0.15) is 0 Å². The van der Waals surface area contributed by atoms with Crippen LogP contribution < -0.4 is 9.64 Å². The second kappa shape index (κ2) is 10.6. The molecule has 1 atom stereocenters. The van der Waals surface area contributed by atoms with Crippen molar-refractivity contribution in [2.45, 2.75) is 46.6 Å². The smallest absolute Gasteiger partial charge is 0.225 e. The Hall–Kier alpha value is -3.22. The molecule has 1 aromatic carbocycles. The SMILES string of the molecule is COc1cc(N2CCN(C(=O)CC3N=C(c4ccc(F)c(C)c4)C=C3CC(C)C)CC2)c(C)cn1. The molecule has 1 fully saturated rings. The highest BCUT2D eigenvalue weighted by atomic mass is 19.1. The molecule has 1 amide bonds. The van der Waals surface area contributed by atoms with Crippen LogP contribution in [0.1, 0.15) is 43.4 Å². The lowest BCUT2D eigenvalue weighted by Gasteiger charge is -2.37. The highest BCUT2D eigenvalue weighted by Crippen LogP contribution is 2.29. The number of aryl methyl sites for hydroxylation is 2. The topological polar surface area (TPSA) is 58.0 Å². The predicted molar refractivity (Wildman–Crippen MR) is 138 cm³/mol. The molecule has 1 unspecified atom stereocenters. The van der Waals surface area contributed by atoms with E-state index in [0.717, 1.165) is 42.0 Å². The summed E-state index contributed by atoms with van der Waals surface area (Å²) in [5.41, 5.74) is 5.72. The van der Waals surface area contributed by atoms with Crippen LogP contribution >= 0.6 is 0 Å². The number of methoxy groups -OCH3 is 1. The van der Waals surface area contributed by atoms with Gasteiger partial charge < -0.3 is 14.5 Å². The number of carbonyl (C=O) groups is 1. The number of hydrogen-bond acceptors (Lipinski definition) is 5. The van der Waals surface area contributed by atoms with E-state index in [0.29, 0.717) is 36.9 Å². The van der Waals surface area contributed by atoms with Gasteiger partial charge in [0.25, 0.3) is 0 Å². The molecular formula is C28H35FN4O2. The average Bonchev–Trinajstić information content (AvgIpc) is 3.22. The third-order valence-electron chi connectivity index (χ3n) is 6.74.